The Balaban J connectivity index is 2.52. The molecule has 0 aromatic heterocycles. The molecule has 7 heteroatoms. The van der Waals surface area contributed by atoms with Crippen molar-refractivity contribution in [3.05, 3.63) is 57.4 Å². The van der Waals surface area contributed by atoms with Gasteiger partial charge in [0.1, 0.15) is 6.61 Å². The van der Waals surface area contributed by atoms with E-state index < -0.39 is 17.9 Å². The summed E-state index contributed by atoms with van der Waals surface area (Å²) < 4.78 is 5.13. The molecule has 0 saturated heterocycles. The molecule has 130 valence electrons. The zero-order valence-corrected chi connectivity index (χ0v) is 14.6. The molecule has 0 spiro atoms. The fraction of sp³-hybridized carbons (Fsp3) is 0.278. The van der Waals surface area contributed by atoms with E-state index >= 15 is 0 Å². The van der Waals surface area contributed by atoms with E-state index in [4.69, 9.17) is 21.6 Å². The lowest BCUT2D eigenvalue weighted by Gasteiger charge is -2.29. The van der Waals surface area contributed by atoms with E-state index in [2.05, 4.69) is 5.32 Å². The normalized spacial score (nSPS) is 17.0. The number of carboxylic acids is 1. The number of allylic oxidation sites excluding steroid dienone is 2. The Morgan fingerprint density at radius 1 is 1.24 bits per heavy atom. The number of dihydropyridines is 1. The topological polar surface area (TPSA) is 99.4 Å². The molecular formula is C18H17ClN2O4. The molecule has 0 saturated carbocycles. The van der Waals surface area contributed by atoms with Gasteiger partial charge in [-0.1, -0.05) is 23.7 Å². The Bertz CT molecular complexity index is 803. The lowest BCUT2D eigenvalue weighted by Crippen LogP contribution is -2.31. The molecule has 25 heavy (non-hydrogen) atoms. The number of hydrogen-bond acceptors (Lipinski definition) is 5. The standard InChI is InChI=1S/C18H17ClN2O4/c1-10-14(17(22)23)16(12-4-6-13(19)7-5-12)15(11(2)21-10)18(24)25-9-3-8-20/h4-7,16,21H,3,9H2,1-2H3,(H,22,23). The number of carbonyl (C=O) groups excluding carboxylic acids is 1. The first-order valence-electron chi connectivity index (χ1n) is 7.58. The zero-order chi connectivity index (χ0) is 18.6. The molecule has 1 atom stereocenters. The smallest absolute Gasteiger partial charge is 0.336 e. The number of esters is 1. The second kappa shape index (κ2) is 7.86. The Kier molecular flexibility index (Phi) is 5.84. The van der Waals surface area contributed by atoms with Crippen LogP contribution >= 0.6 is 11.6 Å². The van der Waals surface area contributed by atoms with Gasteiger partial charge in [0, 0.05) is 16.4 Å². The van der Waals surface area contributed by atoms with E-state index in [9.17, 15) is 14.7 Å². The minimum absolute atomic E-state index is 0.0510. The molecule has 1 heterocycles. The number of benzene rings is 1. The van der Waals surface area contributed by atoms with E-state index in [-0.39, 0.29) is 24.2 Å². The van der Waals surface area contributed by atoms with Crippen molar-refractivity contribution < 1.29 is 19.4 Å². The molecule has 0 fully saturated rings. The summed E-state index contributed by atoms with van der Waals surface area (Å²) in [5.74, 6) is -2.56. The number of carboxylic acid groups (broad SMARTS) is 1. The minimum Gasteiger partial charge on any atom is -0.478 e. The van der Waals surface area contributed by atoms with Crippen molar-refractivity contribution in [1.82, 2.24) is 5.32 Å². The SMILES string of the molecule is CC1=C(C(=O)O)C(c2ccc(Cl)cc2)C(C(=O)OCCC#N)=C(C)N1. The molecule has 1 aliphatic rings. The number of carbonyl (C=O) groups is 2. The van der Waals surface area contributed by atoms with Gasteiger partial charge in [-0.05, 0) is 31.5 Å². The first kappa shape index (κ1) is 18.6. The first-order chi connectivity index (χ1) is 11.9. The average Bonchev–Trinajstić information content (AvgIpc) is 2.54. The molecule has 0 amide bonds. The highest BCUT2D eigenvalue weighted by molar-refractivity contribution is 6.30. The van der Waals surface area contributed by atoms with Crippen LogP contribution in [0.15, 0.2) is 46.8 Å². The van der Waals surface area contributed by atoms with E-state index in [1.54, 1.807) is 38.1 Å². The maximum atomic E-state index is 12.5. The number of nitrogens with one attached hydrogen (secondary N) is 1. The van der Waals surface area contributed by atoms with E-state index in [0.717, 1.165) is 0 Å². The van der Waals surface area contributed by atoms with Crippen LogP contribution in [-0.2, 0) is 14.3 Å². The van der Waals surface area contributed by atoms with Crippen LogP contribution in [0, 0.1) is 11.3 Å². The second-order valence-corrected chi connectivity index (χ2v) is 5.97. The molecule has 2 N–H and O–H groups in total. The highest BCUT2D eigenvalue weighted by atomic mass is 35.5. The second-order valence-electron chi connectivity index (χ2n) is 5.54. The maximum Gasteiger partial charge on any atom is 0.336 e. The van der Waals surface area contributed by atoms with Crippen LogP contribution in [-0.4, -0.2) is 23.7 Å². The molecule has 1 aromatic carbocycles. The number of nitriles is 1. The third-order valence-corrected chi connectivity index (χ3v) is 4.11. The van der Waals surface area contributed by atoms with Gasteiger partial charge in [0.05, 0.1) is 29.6 Å². The van der Waals surface area contributed by atoms with Gasteiger partial charge in [0.2, 0.25) is 0 Å². The van der Waals surface area contributed by atoms with Crippen LogP contribution in [0.5, 0.6) is 0 Å². The van der Waals surface area contributed by atoms with Crippen molar-refractivity contribution in [3.63, 3.8) is 0 Å². The predicted octanol–water partition coefficient (Wildman–Crippen LogP) is 3.12. The number of hydrogen-bond donors (Lipinski definition) is 2. The lowest BCUT2D eigenvalue weighted by molar-refractivity contribution is -0.139. The number of rotatable bonds is 5. The summed E-state index contributed by atoms with van der Waals surface area (Å²) in [5.41, 5.74) is 1.88. The molecule has 1 unspecified atom stereocenters. The lowest BCUT2D eigenvalue weighted by atomic mass is 9.80. The summed E-state index contributed by atoms with van der Waals surface area (Å²) in [6.45, 7) is 3.28. The van der Waals surface area contributed by atoms with Crippen molar-refractivity contribution in [2.24, 2.45) is 0 Å². The van der Waals surface area contributed by atoms with E-state index in [0.29, 0.717) is 22.0 Å². The van der Waals surface area contributed by atoms with Crippen LogP contribution in [0.4, 0.5) is 0 Å². The van der Waals surface area contributed by atoms with Crippen molar-refractivity contribution >= 4 is 23.5 Å². The Morgan fingerprint density at radius 3 is 2.40 bits per heavy atom. The van der Waals surface area contributed by atoms with Crippen molar-refractivity contribution in [3.8, 4) is 6.07 Å². The van der Waals surface area contributed by atoms with Crippen LogP contribution in [0.3, 0.4) is 0 Å². The van der Waals surface area contributed by atoms with Gasteiger partial charge in [-0.3, -0.25) is 0 Å². The first-order valence-corrected chi connectivity index (χ1v) is 7.96. The number of nitrogens with zero attached hydrogens (tertiary/aromatic N) is 1. The summed E-state index contributed by atoms with van der Waals surface area (Å²) in [6.07, 6.45) is 0.0672. The van der Waals surface area contributed by atoms with Gasteiger partial charge in [0.25, 0.3) is 0 Å². The fourth-order valence-electron chi connectivity index (χ4n) is 2.80. The van der Waals surface area contributed by atoms with Gasteiger partial charge >= 0.3 is 11.9 Å². The Labute approximate surface area is 150 Å². The minimum atomic E-state index is -1.13. The number of ether oxygens (including phenoxy) is 1. The highest BCUT2D eigenvalue weighted by Gasteiger charge is 2.37. The van der Waals surface area contributed by atoms with Crippen LogP contribution in [0.2, 0.25) is 5.02 Å². The van der Waals surface area contributed by atoms with Gasteiger partial charge in [-0.25, -0.2) is 9.59 Å². The molecular weight excluding hydrogens is 344 g/mol. The van der Waals surface area contributed by atoms with Gasteiger partial charge in [-0.2, -0.15) is 5.26 Å². The summed E-state index contributed by atoms with van der Waals surface area (Å²) in [6, 6.07) is 8.54. The molecule has 6 nitrogen and oxygen atoms in total. The van der Waals surface area contributed by atoms with Crippen molar-refractivity contribution in [1.29, 1.82) is 5.26 Å². The number of halogens is 1. The summed E-state index contributed by atoms with van der Waals surface area (Å²) >= 11 is 5.92. The quantitative estimate of drug-likeness (QED) is 0.618. The fourth-order valence-corrected chi connectivity index (χ4v) is 2.93. The maximum absolute atomic E-state index is 12.5. The molecule has 1 aliphatic heterocycles. The predicted molar refractivity (Wildman–Crippen MR) is 91.6 cm³/mol. The summed E-state index contributed by atoms with van der Waals surface area (Å²) in [5, 5.41) is 21.7. The zero-order valence-electron chi connectivity index (χ0n) is 13.8. The monoisotopic (exact) mass is 360 g/mol. The average molecular weight is 361 g/mol. The van der Waals surface area contributed by atoms with Crippen molar-refractivity contribution in [2.75, 3.05) is 6.61 Å². The third-order valence-electron chi connectivity index (χ3n) is 3.86. The third kappa shape index (κ3) is 4.01. The largest absolute Gasteiger partial charge is 0.478 e. The van der Waals surface area contributed by atoms with Crippen LogP contribution in [0.25, 0.3) is 0 Å². The molecule has 2 rings (SSSR count). The Hall–Kier alpha value is -2.78. The molecule has 0 bridgehead atoms. The molecule has 1 aromatic rings. The van der Waals surface area contributed by atoms with Gasteiger partial charge in [-0.15, -0.1) is 0 Å². The van der Waals surface area contributed by atoms with Gasteiger partial charge in [0.15, 0.2) is 0 Å². The summed E-state index contributed by atoms with van der Waals surface area (Å²) in [4.78, 5) is 24.3. The highest BCUT2D eigenvalue weighted by Crippen LogP contribution is 2.39. The van der Waals surface area contributed by atoms with Gasteiger partial charge < -0.3 is 15.2 Å². The van der Waals surface area contributed by atoms with Crippen molar-refractivity contribution in [2.45, 2.75) is 26.2 Å². The molecule has 0 radical (unpaired) electrons. The van der Waals surface area contributed by atoms with Crippen LogP contribution < -0.4 is 5.32 Å². The van der Waals surface area contributed by atoms with Crippen LogP contribution in [0.1, 0.15) is 31.7 Å². The Morgan fingerprint density at radius 2 is 1.84 bits per heavy atom. The number of aliphatic carboxylic acids is 1. The van der Waals surface area contributed by atoms with E-state index in [1.165, 1.54) is 0 Å². The summed E-state index contributed by atoms with van der Waals surface area (Å²) in [7, 11) is 0. The van der Waals surface area contributed by atoms with E-state index in [1.807, 2.05) is 6.07 Å². The molecule has 0 aliphatic carbocycles.